The summed E-state index contributed by atoms with van der Waals surface area (Å²) in [5, 5.41) is 0. The van der Waals surface area contributed by atoms with Crippen molar-refractivity contribution >= 4 is 5.78 Å². The standard InChI is InChI=1S/C35H58O7/c1-3-4-6-16-28(40-33-18-9-12-23-37-33)21-22-30-29(17-8-5-7-15-27(2)36)31(41-34-19-10-13-24-38-34)26-32(30)42-35-20-11-14-25-39-35/h5,8,21-22,28-35H,3-4,6-7,9-20,23-26H2,1-2H3/t28?,29-,30-,31+,32-,33+,34?,35?/m1/s1. The molecule has 1 saturated carbocycles. The largest absolute Gasteiger partial charge is 0.353 e. The van der Waals surface area contributed by atoms with Gasteiger partial charge in [-0.2, -0.15) is 0 Å². The number of ether oxygens (including phenoxy) is 6. The Morgan fingerprint density at radius 2 is 1.48 bits per heavy atom. The molecule has 0 radical (unpaired) electrons. The first-order valence-electron chi connectivity index (χ1n) is 17.3. The van der Waals surface area contributed by atoms with Gasteiger partial charge in [-0.3, -0.25) is 0 Å². The zero-order valence-corrected chi connectivity index (χ0v) is 26.4. The Hall–Kier alpha value is -1.09. The molecule has 1 aliphatic carbocycles. The molecular formula is C35H58O7. The second-order valence-corrected chi connectivity index (χ2v) is 12.7. The second kappa shape index (κ2) is 19.3. The fraction of sp³-hybridized carbons (Fsp3) is 0.857. The molecule has 0 aromatic rings. The van der Waals surface area contributed by atoms with Crippen LogP contribution in [0.2, 0.25) is 0 Å². The Morgan fingerprint density at radius 3 is 2.07 bits per heavy atom. The molecule has 7 heteroatoms. The van der Waals surface area contributed by atoms with E-state index in [1.54, 1.807) is 6.92 Å². The molecule has 42 heavy (non-hydrogen) atoms. The highest BCUT2D eigenvalue weighted by Gasteiger charge is 2.45. The number of hydrogen-bond acceptors (Lipinski definition) is 7. The van der Waals surface area contributed by atoms with E-state index in [-0.39, 0.29) is 54.8 Å². The fourth-order valence-electron chi connectivity index (χ4n) is 6.72. The van der Waals surface area contributed by atoms with Gasteiger partial charge in [0.25, 0.3) is 0 Å². The van der Waals surface area contributed by atoms with Gasteiger partial charge in [0.1, 0.15) is 5.78 Å². The van der Waals surface area contributed by atoms with E-state index in [2.05, 4.69) is 31.2 Å². The summed E-state index contributed by atoms with van der Waals surface area (Å²) >= 11 is 0. The molecule has 3 saturated heterocycles. The maximum atomic E-state index is 11.5. The zero-order valence-electron chi connectivity index (χ0n) is 26.4. The van der Waals surface area contributed by atoms with Crippen LogP contribution in [0.15, 0.2) is 24.3 Å². The summed E-state index contributed by atoms with van der Waals surface area (Å²) in [4.78, 5) is 11.5. The lowest BCUT2D eigenvalue weighted by Crippen LogP contribution is -2.31. The van der Waals surface area contributed by atoms with Crippen molar-refractivity contribution < 1.29 is 33.2 Å². The molecule has 3 aliphatic heterocycles. The van der Waals surface area contributed by atoms with Crippen molar-refractivity contribution in [1.29, 1.82) is 0 Å². The van der Waals surface area contributed by atoms with Crippen LogP contribution in [0, 0.1) is 11.8 Å². The zero-order chi connectivity index (χ0) is 29.4. The topological polar surface area (TPSA) is 72.5 Å². The molecule has 0 spiro atoms. The first kappa shape index (κ1) is 33.8. The summed E-state index contributed by atoms with van der Waals surface area (Å²) in [5.74, 6) is 0.649. The fourth-order valence-corrected chi connectivity index (χ4v) is 6.72. The lowest BCUT2D eigenvalue weighted by Gasteiger charge is -2.30. The van der Waals surface area contributed by atoms with Crippen LogP contribution in [0.5, 0.6) is 0 Å². The van der Waals surface area contributed by atoms with E-state index in [1.807, 2.05) is 0 Å². The second-order valence-electron chi connectivity index (χ2n) is 12.7. The summed E-state index contributed by atoms with van der Waals surface area (Å²) in [6.07, 6.45) is 26.0. The van der Waals surface area contributed by atoms with Gasteiger partial charge in [-0.15, -0.1) is 0 Å². The lowest BCUT2D eigenvalue weighted by molar-refractivity contribution is -0.203. The molecule has 0 amide bonds. The average molecular weight is 591 g/mol. The third kappa shape index (κ3) is 11.8. The molecule has 8 atom stereocenters. The summed E-state index contributed by atoms with van der Waals surface area (Å²) in [6, 6.07) is 0. The molecule has 3 heterocycles. The highest BCUT2D eigenvalue weighted by Crippen LogP contribution is 2.42. The molecule has 0 bridgehead atoms. The Kier molecular flexibility index (Phi) is 15.6. The van der Waals surface area contributed by atoms with Crippen molar-refractivity contribution in [2.75, 3.05) is 19.8 Å². The van der Waals surface area contributed by atoms with E-state index in [1.165, 1.54) is 12.8 Å². The van der Waals surface area contributed by atoms with Crippen LogP contribution in [-0.4, -0.2) is 62.8 Å². The van der Waals surface area contributed by atoms with E-state index >= 15 is 0 Å². The first-order chi connectivity index (χ1) is 20.6. The number of hydrogen-bond donors (Lipinski definition) is 0. The molecule has 4 fully saturated rings. The minimum atomic E-state index is -0.150. The van der Waals surface area contributed by atoms with Crippen molar-refractivity contribution in [3.63, 3.8) is 0 Å². The van der Waals surface area contributed by atoms with Crippen molar-refractivity contribution in [3.05, 3.63) is 24.3 Å². The highest BCUT2D eigenvalue weighted by atomic mass is 16.7. The molecule has 240 valence electrons. The minimum Gasteiger partial charge on any atom is -0.353 e. The SMILES string of the molecule is CCCCCC(C=C[C@@H]1[C@@H](CC=CCCC(C)=O)[C@@H](OC2CCCCO2)C[C@H]1OC1CCCCO1)O[C@H]1CCCCO1. The van der Waals surface area contributed by atoms with Gasteiger partial charge >= 0.3 is 0 Å². The first-order valence-corrected chi connectivity index (χ1v) is 17.3. The molecule has 0 N–H and O–H groups in total. The number of Topliss-reactive ketones (excluding diaryl/α,β-unsaturated/α-hetero) is 1. The molecule has 4 rings (SSSR count). The maximum absolute atomic E-state index is 11.5. The number of carbonyl (C=O) groups is 1. The van der Waals surface area contributed by atoms with E-state index in [9.17, 15) is 4.79 Å². The Bertz CT molecular complexity index is 795. The molecular weight excluding hydrogens is 532 g/mol. The summed E-state index contributed by atoms with van der Waals surface area (Å²) in [5.41, 5.74) is 0. The molecule has 0 aromatic carbocycles. The van der Waals surface area contributed by atoms with E-state index < -0.39 is 0 Å². The van der Waals surface area contributed by atoms with Crippen molar-refractivity contribution in [2.45, 2.75) is 160 Å². The monoisotopic (exact) mass is 590 g/mol. The summed E-state index contributed by atoms with van der Waals surface area (Å²) < 4.78 is 38.0. The van der Waals surface area contributed by atoms with E-state index in [0.717, 1.165) is 110 Å². The Balaban J connectivity index is 1.52. The normalized spacial score (nSPS) is 33.4. The minimum absolute atomic E-state index is 0.00998. The van der Waals surface area contributed by atoms with Crippen molar-refractivity contribution in [1.82, 2.24) is 0 Å². The molecule has 0 aromatic heterocycles. The van der Waals surface area contributed by atoms with Gasteiger partial charge in [-0.1, -0.05) is 50.5 Å². The number of rotatable bonds is 17. The van der Waals surface area contributed by atoms with E-state index in [0.29, 0.717) is 6.42 Å². The average Bonchev–Trinajstić information content (AvgIpc) is 3.32. The summed E-state index contributed by atoms with van der Waals surface area (Å²) in [7, 11) is 0. The molecule has 7 nitrogen and oxygen atoms in total. The van der Waals surface area contributed by atoms with Crippen LogP contribution in [0.25, 0.3) is 0 Å². The molecule has 4 aliphatic rings. The Morgan fingerprint density at radius 1 is 0.833 bits per heavy atom. The quantitative estimate of drug-likeness (QED) is 0.126. The van der Waals surface area contributed by atoms with Crippen LogP contribution in [0.3, 0.4) is 0 Å². The highest BCUT2D eigenvalue weighted by molar-refractivity contribution is 5.75. The Labute approximate surface area is 255 Å². The van der Waals surface area contributed by atoms with Crippen LogP contribution >= 0.6 is 0 Å². The van der Waals surface area contributed by atoms with Crippen LogP contribution in [-0.2, 0) is 33.2 Å². The van der Waals surface area contributed by atoms with Crippen LogP contribution < -0.4 is 0 Å². The third-order valence-electron chi connectivity index (χ3n) is 9.14. The van der Waals surface area contributed by atoms with E-state index in [4.69, 9.17) is 28.4 Å². The maximum Gasteiger partial charge on any atom is 0.158 e. The number of unbranched alkanes of at least 4 members (excludes halogenated alkanes) is 2. The molecule has 3 unspecified atom stereocenters. The van der Waals surface area contributed by atoms with Gasteiger partial charge < -0.3 is 33.2 Å². The van der Waals surface area contributed by atoms with Crippen LogP contribution in [0.4, 0.5) is 0 Å². The smallest absolute Gasteiger partial charge is 0.158 e. The van der Waals surface area contributed by atoms with Gasteiger partial charge in [0.15, 0.2) is 18.9 Å². The lowest BCUT2D eigenvalue weighted by atomic mass is 9.89. The van der Waals surface area contributed by atoms with Gasteiger partial charge in [0.2, 0.25) is 0 Å². The van der Waals surface area contributed by atoms with Gasteiger partial charge in [0, 0.05) is 38.6 Å². The van der Waals surface area contributed by atoms with Gasteiger partial charge in [-0.25, -0.2) is 0 Å². The van der Waals surface area contributed by atoms with Gasteiger partial charge in [0.05, 0.1) is 18.3 Å². The van der Waals surface area contributed by atoms with Gasteiger partial charge in [-0.05, 0) is 89.9 Å². The summed E-state index contributed by atoms with van der Waals surface area (Å²) in [6.45, 7) is 6.23. The third-order valence-corrected chi connectivity index (χ3v) is 9.14. The van der Waals surface area contributed by atoms with Crippen LogP contribution in [0.1, 0.15) is 123 Å². The number of carbonyl (C=O) groups excluding carboxylic acids is 1. The predicted octanol–water partition coefficient (Wildman–Crippen LogP) is 7.81. The van der Waals surface area contributed by atoms with Crippen molar-refractivity contribution in [3.8, 4) is 0 Å². The predicted molar refractivity (Wildman–Crippen MR) is 164 cm³/mol. The van der Waals surface area contributed by atoms with Crippen molar-refractivity contribution in [2.24, 2.45) is 11.8 Å². The number of allylic oxidation sites excluding steroid dienone is 2. The number of ketones is 1.